The molecular formula is C24H23N3O3S. The second-order valence-electron chi connectivity index (χ2n) is 8.17. The van der Waals surface area contributed by atoms with Crippen LogP contribution >= 0.6 is 11.8 Å². The molecule has 0 bridgehead atoms. The first-order valence-corrected chi connectivity index (χ1v) is 11.2. The number of hydrogen-bond acceptors (Lipinski definition) is 5. The summed E-state index contributed by atoms with van der Waals surface area (Å²) in [7, 11) is 0. The van der Waals surface area contributed by atoms with Gasteiger partial charge in [0, 0.05) is 18.9 Å². The van der Waals surface area contributed by atoms with Crippen LogP contribution in [-0.4, -0.2) is 42.5 Å². The van der Waals surface area contributed by atoms with Crippen LogP contribution in [0.3, 0.4) is 0 Å². The Hall–Kier alpha value is -3.06. The zero-order valence-electron chi connectivity index (χ0n) is 17.1. The lowest BCUT2D eigenvalue weighted by atomic mass is 9.95. The van der Waals surface area contributed by atoms with Crippen molar-refractivity contribution in [2.45, 2.75) is 42.2 Å². The van der Waals surface area contributed by atoms with Crippen molar-refractivity contribution >= 4 is 23.6 Å². The highest BCUT2D eigenvalue weighted by atomic mass is 32.2. The van der Waals surface area contributed by atoms with Crippen LogP contribution in [0.25, 0.3) is 0 Å². The number of carbonyl (C=O) groups excluding carboxylic acids is 2. The lowest BCUT2D eigenvalue weighted by Crippen LogP contribution is -2.58. The number of ether oxygens (including phenoxy) is 1. The normalized spacial score (nSPS) is 24.7. The summed E-state index contributed by atoms with van der Waals surface area (Å²) in [5.74, 6) is -0.367. The second-order valence-corrected chi connectivity index (χ2v) is 9.88. The van der Waals surface area contributed by atoms with E-state index in [2.05, 4.69) is 4.98 Å². The number of hydrogen-bond donors (Lipinski definition) is 0. The van der Waals surface area contributed by atoms with Crippen molar-refractivity contribution in [2.75, 3.05) is 0 Å². The van der Waals surface area contributed by atoms with Gasteiger partial charge in [-0.15, -0.1) is 11.8 Å². The first-order valence-electron chi connectivity index (χ1n) is 10.3. The van der Waals surface area contributed by atoms with Gasteiger partial charge in [0.2, 0.25) is 5.91 Å². The third-order valence-electron chi connectivity index (χ3n) is 5.93. The minimum atomic E-state index is -0.652. The molecule has 0 radical (unpaired) electrons. The van der Waals surface area contributed by atoms with Gasteiger partial charge in [0.05, 0.1) is 22.9 Å². The maximum Gasteiger partial charge on any atom is 0.331 e. The van der Waals surface area contributed by atoms with Crippen LogP contribution in [-0.2, 0) is 20.9 Å². The monoisotopic (exact) mass is 433 g/mol. The number of rotatable bonds is 6. The van der Waals surface area contributed by atoms with E-state index in [-0.39, 0.29) is 17.3 Å². The quantitative estimate of drug-likeness (QED) is 0.439. The predicted octanol–water partition coefficient (Wildman–Crippen LogP) is 3.65. The van der Waals surface area contributed by atoms with Crippen molar-refractivity contribution in [1.29, 1.82) is 0 Å². The van der Waals surface area contributed by atoms with E-state index in [4.69, 9.17) is 4.74 Å². The van der Waals surface area contributed by atoms with Gasteiger partial charge in [-0.05, 0) is 18.1 Å². The fourth-order valence-corrected chi connectivity index (χ4v) is 6.24. The second kappa shape index (κ2) is 7.89. The number of amides is 1. The number of fused-ring (bicyclic) bond motifs is 1. The lowest BCUT2D eigenvalue weighted by molar-refractivity contribution is -0.164. The molecule has 2 saturated heterocycles. The van der Waals surface area contributed by atoms with Gasteiger partial charge in [0.15, 0.2) is 6.10 Å². The molecule has 5 rings (SSSR count). The number of imidazole rings is 1. The molecule has 2 fully saturated rings. The molecule has 6 nitrogen and oxygen atoms in total. The molecule has 1 unspecified atom stereocenters. The number of esters is 1. The van der Waals surface area contributed by atoms with E-state index < -0.39 is 16.9 Å². The van der Waals surface area contributed by atoms with Gasteiger partial charge in [-0.3, -0.25) is 4.79 Å². The molecule has 2 aliphatic heterocycles. The van der Waals surface area contributed by atoms with Gasteiger partial charge in [-0.25, -0.2) is 9.78 Å². The van der Waals surface area contributed by atoms with Crippen LogP contribution in [0.15, 0.2) is 79.4 Å². The van der Waals surface area contributed by atoms with Gasteiger partial charge in [0.1, 0.15) is 6.04 Å². The molecule has 0 saturated carbocycles. The Labute approximate surface area is 185 Å². The minimum absolute atomic E-state index is 0.00442. The molecule has 3 aromatic rings. The van der Waals surface area contributed by atoms with E-state index >= 15 is 0 Å². The number of aromatic nitrogens is 2. The summed E-state index contributed by atoms with van der Waals surface area (Å²) >= 11 is 1.68. The van der Waals surface area contributed by atoms with Crippen LogP contribution in [0.4, 0.5) is 0 Å². The summed E-state index contributed by atoms with van der Waals surface area (Å²) in [6.07, 6.45) is 5.27. The number of nitrogens with zero attached hydrogens (tertiary/aromatic N) is 3. The third kappa shape index (κ3) is 3.63. The van der Waals surface area contributed by atoms with Crippen molar-refractivity contribution in [3.8, 4) is 0 Å². The van der Waals surface area contributed by atoms with Crippen molar-refractivity contribution in [3.63, 3.8) is 0 Å². The molecule has 0 spiro atoms. The SMILES string of the molecule is C[C@@]1(Cn2ccnc2)S[C@@H]2CC(=O)N2C1C(=O)OC(c1ccccc1)c1ccccc1. The summed E-state index contributed by atoms with van der Waals surface area (Å²) < 4.78 is 7.60. The molecule has 158 valence electrons. The van der Waals surface area contributed by atoms with E-state index in [0.29, 0.717) is 13.0 Å². The fraction of sp³-hybridized carbons (Fsp3) is 0.292. The smallest absolute Gasteiger partial charge is 0.331 e. The Morgan fingerprint density at radius 2 is 1.81 bits per heavy atom. The predicted molar refractivity (Wildman–Crippen MR) is 118 cm³/mol. The highest BCUT2D eigenvalue weighted by Gasteiger charge is 2.61. The molecular weight excluding hydrogens is 410 g/mol. The highest BCUT2D eigenvalue weighted by molar-refractivity contribution is 8.01. The maximum absolute atomic E-state index is 13.6. The molecule has 7 heteroatoms. The van der Waals surface area contributed by atoms with Crippen LogP contribution in [0.5, 0.6) is 0 Å². The van der Waals surface area contributed by atoms with E-state index in [9.17, 15) is 9.59 Å². The average molecular weight is 434 g/mol. The Kier molecular flexibility index (Phi) is 5.06. The Morgan fingerprint density at radius 3 is 2.35 bits per heavy atom. The average Bonchev–Trinajstić information content (AvgIpc) is 3.36. The van der Waals surface area contributed by atoms with E-state index in [1.807, 2.05) is 78.4 Å². The number of carbonyl (C=O) groups is 2. The van der Waals surface area contributed by atoms with Crippen LogP contribution in [0.1, 0.15) is 30.6 Å². The number of thioether (sulfide) groups is 1. The molecule has 2 aliphatic rings. The first-order chi connectivity index (χ1) is 15.0. The third-order valence-corrected chi connectivity index (χ3v) is 7.48. The molecule has 2 aromatic carbocycles. The maximum atomic E-state index is 13.6. The summed E-state index contributed by atoms with van der Waals surface area (Å²) in [4.78, 5) is 31.9. The molecule has 31 heavy (non-hydrogen) atoms. The van der Waals surface area contributed by atoms with Crippen LogP contribution < -0.4 is 0 Å². The zero-order valence-corrected chi connectivity index (χ0v) is 17.9. The van der Waals surface area contributed by atoms with Gasteiger partial charge in [-0.1, -0.05) is 60.7 Å². The molecule has 0 aliphatic carbocycles. The number of benzene rings is 2. The lowest BCUT2D eigenvalue weighted by Gasteiger charge is -2.38. The van der Waals surface area contributed by atoms with Crippen molar-refractivity contribution in [1.82, 2.24) is 14.5 Å². The minimum Gasteiger partial charge on any atom is -0.451 e. The molecule has 1 amide bonds. The van der Waals surface area contributed by atoms with Gasteiger partial charge >= 0.3 is 5.97 Å². The van der Waals surface area contributed by atoms with Crippen molar-refractivity contribution < 1.29 is 14.3 Å². The van der Waals surface area contributed by atoms with Gasteiger partial charge < -0.3 is 14.2 Å². The zero-order chi connectivity index (χ0) is 21.4. The fourth-order valence-electron chi connectivity index (χ4n) is 4.47. The molecule has 0 N–H and O–H groups in total. The van der Waals surface area contributed by atoms with Crippen LogP contribution in [0, 0.1) is 0 Å². The summed E-state index contributed by atoms with van der Waals surface area (Å²) in [5, 5.41) is 0.0190. The standard InChI is InChI=1S/C24H23N3O3S/c1-24(15-26-13-12-25-16-26)22(27-19(28)14-20(27)31-24)23(29)30-21(17-8-4-2-5-9-17)18-10-6-3-7-11-18/h2-13,16,20-22H,14-15H2,1H3/t20-,22?,24+/m1/s1. The molecule has 3 atom stereocenters. The Bertz CT molecular complexity index is 1030. The first kappa shape index (κ1) is 19.9. The Balaban J connectivity index is 1.46. The summed E-state index contributed by atoms with van der Waals surface area (Å²) in [5.41, 5.74) is 1.80. The van der Waals surface area contributed by atoms with E-state index in [1.54, 1.807) is 29.2 Å². The summed E-state index contributed by atoms with van der Waals surface area (Å²) in [6.45, 7) is 2.61. The molecule has 1 aromatic heterocycles. The van der Waals surface area contributed by atoms with Gasteiger partial charge in [0.25, 0.3) is 0 Å². The molecule has 3 heterocycles. The van der Waals surface area contributed by atoms with Crippen LogP contribution in [0.2, 0.25) is 0 Å². The summed E-state index contributed by atoms with van der Waals surface area (Å²) in [6, 6.07) is 18.8. The van der Waals surface area contributed by atoms with E-state index in [1.165, 1.54) is 0 Å². The van der Waals surface area contributed by atoms with Gasteiger partial charge in [-0.2, -0.15) is 0 Å². The largest absolute Gasteiger partial charge is 0.451 e. The number of β-lactam (4-membered cyclic amide) rings is 1. The topological polar surface area (TPSA) is 64.4 Å². The Morgan fingerprint density at radius 1 is 1.16 bits per heavy atom. The highest BCUT2D eigenvalue weighted by Crippen LogP contribution is 2.52. The van der Waals surface area contributed by atoms with Crippen molar-refractivity contribution in [3.05, 3.63) is 90.5 Å². The van der Waals surface area contributed by atoms with E-state index in [0.717, 1.165) is 11.1 Å². The van der Waals surface area contributed by atoms with Crippen molar-refractivity contribution in [2.24, 2.45) is 0 Å².